The number of aromatic nitrogens is 2. The van der Waals surface area contributed by atoms with Crippen LogP contribution in [0, 0.1) is 18.8 Å². The van der Waals surface area contributed by atoms with Crippen LogP contribution in [-0.2, 0) is 21.4 Å². The molecule has 0 aliphatic carbocycles. The lowest BCUT2D eigenvalue weighted by Crippen LogP contribution is -2.42. The normalized spacial score (nSPS) is 14.9. The largest absolute Gasteiger partial charge is 0.370 e. The minimum absolute atomic E-state index is 0.00694. The van der Waals surface area contributed by atoms with Crippen molar-refractivity contribution in [2.24, 2.45) is 17.6 Å². The lowest BCUT2D eigenvalue weighted by molar-refractivity contribution is -0.138. The molecule has 1 aromatic heterocycles. The molecule has 1 aliphatic rings. The molecule has 2 heterocycles. The lowest BCUT2D eigenvalue weighted by atomic mass is 9.89. The first-order valence-electron chi connectivity index (χ1n) is 14.3. The van der Waals surface area contributed by atoms with Crippen LogP contribution in [0.25, 0.3) is 5.69 Å². The Labute approximate surface area is 242 Å². The first kappa shape index (κ1) is 29.8. The van der Waals surface area contributed by atoms with Crippen LogP contribution < -0.4 is 16.4 Å². The predicted molar refractivity (Wildman–Crippen MR) is 162 cm³/mol. The van der Waals surface area contributed by atoms with Crippen LogP contribution >= 0.6 is 0 Å². The molecular weight excluding hydrogens is 516 g/mol. The third kappa shape index (κ3) is 7.96. The molecule has 4 rings (SSSR count). The highest BCUT2D eigenvalue weighted by atomic mass is 16.2. The number of carbonyl (C=O) groups excluding carboxylic acids is 3. The number of hydrogen-bond acceptors (Lipinski definition) is 4. The van der Waals surface area contributed by atoms with Crippen molar-refractivity contribution in [3.8, 4) is 5.69 Å². The molecule has 1 aliphatic heterocycles. The molecule has 1 fully saturated rings. The van der Waals surface area contributed by atoms with E-state index in [1.165, 1.54) is 5.56 Å². The van der Waals surface area contributed by atoms with E-state index in [-0.39, 0.29) is 29.7 Å². The maximum atomic E-state index is 13.0. The van der Waals surface area contributed by atoms with Crippen LogP contribution in [0.2, 0.25) is 0 Å². The van der Waals surface area contributed by atoms with Gasteiger partial charge in [-0.15, -0.1) is 0 Å². The molecule has 1 saturated heterocycles. The number of piperidine rings is 1. The van der Waals surface area contributed by atoms with E-state index in [4.69, 9.17) is 10.8 Å². The third-order valence-corrected chi connectivity index (χ3v) is 7.59. The number of primary amides is 1. The lowest BCUT2D eigenvalue weighted by Gasteiger charge is -2.33. The summed E-state index contributed by atoms with van der Waals surface area (Å²) in [5.41, 5.74) is 9.88. The van der Waals surface area contributed by atoms with Crippen molar-refractivity contribution >= 4 is 29.4 Å². The topological polar surface area (TPSA) is 122 Å². The Balaban J connectivity index is 1.33. The fourth-order valence-electron chi connectivity index (χ4n) is 5.11. The summed E-state index contributed by atoms with van der Waals surface area (Å²) in [4.78, 5) is 38.5. The second kappa shape index (κ2) is 12.6. The molecule has 1 atom stereocenters. The molecule has 0 unspecified atom stereocenters. The summed E-state index contributed by atoms with van der Waals surface area (Å²) in [5.74, 6) is 0.269. The van der Waals surface area contributed by atoms with Crippen LogP contribution in [0.3, 0.4) is 0 Å². The van der Waals surface area contributed by atoms with Crippen molar-refractivity contribution in [3.63, 3.8) is 0 Å². The van der Waals surface area contributed by atoms with Gasteiger partial charge in [-0.3, -0.25) is 14.9 Å². The molecule has 9 heteroatoms. The highest BCUT2D eigenvalue weighted by molar-refractivity contribution is 5.99. The summed E-state index contributed by atoms with van der Waals surface area (Å²) in [6.07, 6.45) is 2.84. The van der Waals surface area contributed by atoms with Gasteiger partial charge < -0.3 is 16.0 Å². The Bertz CT molecular complexity index is 1360. The quantitative estimate of drug-likeness (QED) is 0.342. The highest BCUT2D eigenvalue weighted by Gasteiger charge is 2.27. The van der Waals surface area contributed by atoms with Gasteiger partial charge in [0.05, 0.1) is 11.4 Å². The van der Waals surface area contributed by atoms with Gasteiger partial charge >= 0.3 is 6.03 Å². The molecule has 41 heavy (non-hydrogen) atoms. The van der Waals surface area contributed by atoms with Gasteiger partial charge in [-0.05, 0) is 61.9 Å². The summed E-state index contributed by atoms with van der Waals surface area (Å²) >= 11 is 0. The van der Waals surface area contributed by atoms with Crippen molar-refractivity contribution in [3.05, 3.63) is 71.4 Å². The number of likely N-dealkylation sites (tertiary alicyclic amines) is 1. The van der Waals surface area contributed by atoms with E-state index < -0.39 is 5.91 Å². The second-order valence-corrected chi connectivity index (χ2v) is 12.2. The number of benzene rings is 2. The molecule has 0 radical (unpaired) electrons. The zero-order chi connectivity index (χ0) is 29.7. The maximum absolute atomic E-state index is 13.0. The summed E-state index contributed by atoms with van der Waals surface area (Å²) in [7, 11) is 0. The molecule has 0 bridgehead atoms. The second-order valence-electron chi connectivity index (χ2n) is 12.2. The van der Waals surface area contributed by atoms with Crippen LogP contribution in [0.4, 0.5) is 16.3 Å². The van der Waals surface area contributed by atoms with E-state index >= 15 is 0 Å². The summed E-state index contributed by atoms with van der Waals surface area (Å²) in [5, 5.41) is 10.7. The Morgan fingerprint density at radius 2 is 1.63 bits per heavy atom. The fraction of sp³-hybridized carbons (Fsp3) is 0.438. The van der Waals surface area contributed by atoms with E-state index in [0.717, 1.165) is 36.2 Å². The predicted octanol–water partition coefficient (Wildman–Crippen LogP) is 5.41. The average molecular weight is 559 g/mol. The van der Waals surface area contributed by atoms with E-state index in [1.807, 2.05) is 66.4 Å². The van der Waals surface area contributed by atoms with Gasteiger partial charge in [0.15, 0.2) is 0 Å². The molecule has 2 aromatic carbocycles. The average Bonchev–Trinajstić information content (AvgIpc) is 3.34. The third-order valence-electron chi connectivity index (χ3n) is 7.59. The molecule has 9 nitrogen and oxygen atoms in total. The van der Waals surface area contributed by atoms with Crippen LogP contribution in [0.15, 0.2) is 54.6 Å². The van der Waals surface area contributed by atoms with E-state index in [9.17, 15) is 14.4 Å². The monoisotopic (exact) mass is 558 g/mol. The SMILES string of the molecule is Cc1ccc(-n2nc(C(C)(C)C)cc2NC(=O)Nc2ccc(CC3CCN(C(=O)[C@H](C)CC(N)=O)CC3)cc2)cc1. The van der Waals surface area contributed by atoms with Gasteiger partial charge in [-0.2, -0.15) is 5.10 Å². The Hall–Kier alpha value is -4.14. The number of aryl methyl sites for hydroxylation is 1. The number of rotatable bonds is 8. The number of nitrogens with one attached hydrogen (secondary N) is 2. The standard InChI is InChI=1S/C32H42N6O3/c1-21-6-12-26(13-7-21)38-29(20-27(36-38)32(3,4)5)35-31(41)34-25-10-8-23(9-11-25)19-24-14-16-37(17-15-24)30(40)22(2)18-28(33)39/h6-13,20,22,24H,14-19H2,1-5H3,(H2,33,39)(H2,34,35,41)/t22-/m1/s1. The van der Waals surface area contributed by atoms with Crippen LogP contribution in [0.5, 0.6) is 0 Å². The van der Waals surface area contributed by atoms with Crippen molar-refractivity contribution in [2.75, 3.05) is 23.7 Å². The number of anilines is 2. The van der Waals surface area contributed by atoms with Crippen LogP contribution in [-0.4, -0.2) is 45.6 Å². The molecule has 218 valence electrons. The van der Waals surface area contributed by atoms with Crippen LogP contribution in [0.1, 0.15) is 63.8 Å². The Kier molecular flexibility index (Phi) is 9.15. The smallest absolute Gasteiger partial charge is 0.324 e. The molecule has 0 saturated carbocycles. The van der Waals surface area contributed by atoms with E-state index in [0.29, 0.717) is 30.5 Å². The minimum atomic E-state index is -0.445. The van der Waals surface area contributed by atoms with Gasteiger partial charge in [0.1, 0.15) is 5.82 Å². The number of carbonyl (C=O) groups is 3. The van der Waals surface area contributed by atoms with Crippen molar-refractivity contribution in [1.29, 1.82) is 0 Å². The number of amides is 4. The minimum Gasteiger partial charge on any atom is -0.370 e. The van der Waals surface area contributed by atoms with Gasteiger partial charge in [-0.1, -0.05) is 57.5 Å². The summed E-state index contributed by atoms with van der Waals surface area (Å²) in [6, 6.07) is 17.5. The van der Waals surface area contributed by atoms with E-state index in [1.54, 1.807) is 11.6 Å². The van der Waals surface area contributed by atoms with Crippen molar-refractivity contribution in [1.82, 2.24) is 14.7 Å². The Morgan fingerprint density at radius 3 is 2.22 bits per heavy atom. The molecule has 0 spiro atoms. The fourth-order valence-corrected chi connectivity index (χ4v) is 5.11. The summed E-state index contributed by atoms with van der Waals surface area (Å²) < 4.78 is 1.76. The number of urea groups is 1. The summed E-state index contributed by atoms with van der Waals surface area (Å²) in [6.45, 7) is 11.5. The number of nitrogens with two attached hydrogens (primary N) is 1. The number of nitrogens with zero attached hydrogens (tertiary/aromatic N) is 3. The van der Waals surface area contributed by atoms with Gasteiger partial charge in [0, 0.05) is 42.6 Å². The van der Waals surface area contributed by atoms with Gasteiger partial charge in [-0.25, -0.2) is 9.48 Å². The Morgan fingerprint density at radius 1 is 1.00 bits per heavy atom. The first-order valence-corrected chi connectivity index (χ1v) is 14.3. The molecule has 3 aromatic rings. The van der Waals surface area contributed by atoms with Gasteiger partial charge in [0.25, 0.3) is 0 Å². The zero-order valence-corrected chi connectivity index (χ0v) is 24.7. The molecular formula is C32H42N6O3. The van der Waals surface area contributed by atoms with Crippen molar-refractivity contribution in [2.45, 2.75) is 65.7 Å². The van der Waals surface area contributed by atoms with Gasteiger partial charge in [0.2, 0.25) is 11.8 Å². The van der Waals surface area contributed by atoms with E-state index in [2.05, 4.69) is 31.4 Å². The first-order chi connectivity index (χ1) is 19.4. The molecule has 4 amide bonds. The highest BCUT2D eigenvalue weighted by Crippen LogP contribution is 2.27. The molecule has 4 N–H and O–H groups in total. The number of hydrogen-bond donors (Lipinski definition) is 3. The zero-order valence-electron chi connectivity index (χ0n) is 24.7. The maximum Gasteiger partial charge on any atom is 0.324 e. The van der Waals surface area contributed by atoms with Crippen molar-refractivity contribution < 1.29 is 14.4 Å².